The van der Waals surface area contributed by atoms with Gasteiger partial charge in [-0.2, -0.15) is 0 Å². The molecule has 1 aliphatic carbocycles. The summed E-state index contributed by atoms with van der Waals surface area (Å²) in [6.07, 6.45) is 0. The second-order valence-corrected chi connectivity index (χ2v) is 17.4. The molecular weight excluding hydrogens is 837 g/mol. The zero-order valence-corrected chi connectivity index (χ0v) is 36.7. The molecule has 0 bridgehead atoms. The van der Waals surface area contributed by atoms with E-state index in [2.05, 4.69) is 79.4 Å². The summed E-state index contributed by atoms with van der Waals surface area (Å²) < 4.78 is 67.5. The van der Waals surface area contributed by atoms with Gasteiger partial charge in [0.15, 0.2) is 23.3 Å². The first kappa shape index (κ1) is 41.5. The molecule has 67 heavy (non-hydrogen) atoms. The minimum atomic E-state index is -1.52. The van der Waals surface area contributed by atoms with Crippen LogP contribution in [0, 0.1) is 23.3 Å². The number of hydrogen-bond acceptors (Lipinski definition) is 2. The van der Waals surface area contributed by atoms with Crippen molar-refractivity contribution in [2.24, 2.45) is 0 Å². The van der Waals surface area contributed by atoms with E-state index in [-0.39, 0.29) is 11.0 Å². The number of fused-ring (bicyclic) bond motifs is 4. The van der Waals surface area contributed by atoms with Crippen LogP contribution in [0.2, 0.25) is 0 Å². The highest BCUT2D eigenvalue weighted by molar-refractivity contribution is 5.99. The van der Waals surface area contributed by atoms with E-state index < -0.39 is 34.5 Å². The Balaban J connectivity index is 1.01. The maximum Gasteiger partial charge on any atom is 0.186 e. The van der Waals surface area contributed by atoms with Crippen LogP contribution in [0.15, 0.2) is 218 Å². The maximum atomic E-state index is 16.9. The minimum Gasteiger partial charge on any atom is -0.310 e. The normalized spacial score (nSPS) is 12.4. The highest BCUT2D eigenvalue weighted by Gasteiger charge is 2.36. The van der Waals surface area contributed by atoms with Crippen molar-refractivity contribution in [1.82, 2.24) is 0 Å². The van der Waals surface area contributed by atoms with Crippen LogP contribution in [-0.2, 0) is 5.41 Å². The molecule has 0 radical (unpaired) electrons. The molecule has 1 aliphatic rings. The molecule has 2 nitrogen and oxygen atoms in total. The van der Waals surface area contributed by atoms with E-state index in [1.165, 1.54) is 39.3 Å². The van der Waals surface area contributed by atoms with Gasteiger partial charge in [0.1, 0.15) is 5.69 Å². The lowest BCUT2D eigenvalue weighted by molar-refractivity contribution is 0.461. The fourth-order valence-electron chi connectivity index (χ4n) is 9.78. The van der Waals surface area contributed by atoms with Crippen LogP contribution in [0.3, 0.4) is 0 Å². The Morgan fingerprint density at radius 1 is 0.343 bits per heavy atom. The van der Waals surface area contributed by atoms with Gasteiger partial charge in [0.25, 0.3) is 0 Å². The first-order chi connectivity index (χ1) is 32.7. The van der Waals surface area contributed by atoms with Crippen LogP contribution in [0.5, 0.6) is 0 Å². The van der Waals surface area contributed by atoms with Crippen LogP contribution in [0.25, 0.3) is 55.3 Å². The molecule has 0 aliphatic heterocycles. The molecule has 324 valence electrons. The van der Waals surface area contributed by atoms with E-state index >= 15 is 17.6 Å². The van der Waals surface area contributed by atoms with Crippen LogP contribution in [0.4, 0.5) is 51.7 Å². The van der Waals surface area contributed by atoms with Gasteiger partial charge in [-0.3, -0.25) is 0 Å². The molecule has 6 heteroatoms. The van der Waals surface area contributed by atoms with Gasteiger partial charge in [0.05, 0.1) is 11.3 Å². The number of hydrogen-bond donors (Lipinski definition) is 0. The van der Waals surface area contributed by atoms with Gasteiger partial charge < -0.3 is 9.80 Å². The highest BCUT2D eigenvalue weighted by Crippen LogP contribution is 2.51. The van der Waals surface area contributed by atoms with E-state index in [1.807, 2.05) is 109 Å². The van der Waals surface area contributed by atoms with Gasteiger partial charge in [0.2, 0.25) is 0 Å². The van der Waals surface area contributed by atoms with Crippen molar-refractivity contribution >= 4 is 44.9 Å². The molecular formula is C61H42F4N2. The third-order valence-corrected chi connectivity index (χ3v) is 13.2. The van der Waals surface area contributed by atoms with Crippen molar-refractivity contribution in [2.75, 3.05) is 9.80 Å². The molecule has 0 spiro atoms. The largest absolute Gasteiger partial charge is 0.310 e. The lowest BCUT2D eigenvalue weighted by atomic mass is 9.82. The van der Waals surface area contributed by atoms with Gasteiger partial charge in [-0.05, 0) is 110 Å². The summed E-state index contributed by atoms with van der Waals surface area (Å²) in [5, 5.41) is 2.04. The summed E-state index contributed by atoms with van der Waals surface area (Å²) in [5.41, 5.74) is 9.58. The van der Waals surface area contributed by atoms with Crippen molar-refractivity contribution in [3.8, 4) is 44.5 Å². The number of nitrogens with zero attached hydrogens (tertiary/aromatic N) is 2. The number of rotatable bonds is 9. The van der Waals surface area contributed by atoms with E-state index in [9.17, 15) is 0 Å². The van der Waals surface area contributed by atoms with Crippen LogP contribution in [0.1, 0.15) is 25.0 Å². The monoisotopic (exact) mass is 878 g/mol. The molecule has 10 aromatic carbocycles. The summed E-state index contributed by atoms with van der Waals surface area (Å²) in [5.74, 6) is -6.03. The quantitative estimate of drug-likeness (QED) is 0.105. The fraction of sp³-hybridized carbons (Fsp3) is 0.0492. The fourth-order valence-corrected chi connectivity index (χ4v) is 9.78. The molecule has 0 saturated heterocycles. The number of benzene rings is 10. The lowest BCUT2D eigenvalue weighted by Crippen LogP contribution is -2.17. The second kappa shape index (κ2) is 16.6. The Kier molecular flexibility index (Phi) is 10.3. The summed E-state index contributed by atoms with van der Waals surface area (Å²) in [6, 6.07) is 69.0. The molecule has 11 rings (SSSR count). The minimum absolute atomic E-state index is 0.0162. The highest BCUT2D eigenvalue weighted by atomic mass is 19.2. The summed E-state index contributed by atoms with van der Waals surface area (Å²) in [7, 11) is 0. The first-order valence-electron chi connectivity index (χ1n) is 22.3. The molecule has 10 aromatic rings. The summed E-state index contributed by atoms with van der Waals surface area (Å²) in [6.45, 7) is 4.46. The maximum absolute atomic E-state index is 16.9. The Morgan fingerprint density at radius 2 is 0.791 bits per heavy atom. The van der Waals surface area contributed by atoms with Crippen LogP contribution >= 0.6 is 0 Å². The third-order valence-electron chi connectivity index (χ3n) is 13.2. The van der Waals surface area contributed by atoms with Crippen molar-refractivity contribution in [3.63, 3.8) is 0 Å². The predicted octanol–water partition coefficient (Wildman–Crippen LogP) is 17.6. The summed E-state index contributed by atoms with van der Waals surface area (Å²) >= 11 is 0. The number of anilines is 6. The third kappa shape index (κ3) is 7.13. The van der Waals surface area contributed by atoms with E-state index in [0.29, 0.717) is 17.1 Å². The van der Waals surface area contributed by atoms with Gasteiger partial charge in [-0.15, -0.1) is 0 Å². The van der Waals surface area contributed by atoms with Crippen LogP contribution < -0.4 is 9.80 Å². The van der Waals surface area contributed by atoms with Crippen molar-refractivity contribution in [2.45, 2.75) is 19.3 Å². The smallest absolute Gasteiger partial charge is 0.186 e. The van der Waals surface area contributed by atoms with Gasteiger partial charge >= 0.3 is 0 Å². The molecule has 0 N–H and O–H groups in total. The van der Waals surface area contributed by atoms with Crippen LogP contribution in [-0.4, -0.2) is 0 Å². The zero-order chi connectivity index (χ0) is 45.8. The predicted molar refractivity (Wildman–Crippen MR) is 267 cm³/mol. The molecule has 0 heterocycles. The number of halogens is 4. The standard InChI is InChI=1S/C61H42F4N2/c1-61(2)52-22-12-11-21-50(52)51-37-36-48(38-53(51)61)66(54-23-13-19-43-18-9-10-20-49(43)54)45-34-28-44(29-35-45)55-56(62)58(64)60(59(65)57(55)63)67(46-30-24-41(25-31-46)39-14-5-3-6-15-39)47-32-26-42(27-33-47)40-16-7-4-8-17-40/h3-38H,1-2H3. The first-order valence-corrected chi connectivity index (χ1v) is 22.3. The summed E-state index contributed by atoms with van der Waals surface area (Å²) in [4.78, 5) is 3.35. The molecule has 0 aromatic heterocycles. The van der Waals surface area contributed by atoms with Gasteiger partial charge in [-0.25, -0.2) is 17.6 Å². The topological polar surface area (TPSA) is 6.48 Å². The molecule has 0 atom stereocenters. The molecule has 0 fully saturated rings. The average molecular weight is 879 g/mol. The van der Waals surface area contributed by atoms with Crippen molar-refractivity contribution in [1.29, 1.82) is 0 Å². The Bertz CT molecular complexity index is 3340. The van der Waals surface area contributed by atoms with Gasteiger partial charge in [-0.1, -0.05) is 178 Å². The van der Waals surface area contributed by atoms with Crippen molar-refractivity contribution < 1.29 is 17.6 Å². The van der Waals surface area contributed by atoms with E-state index in [1.54, 1.807) is 36.4 Å². The molecule has 0 unspecified atom stereocenters. The average Bonchev–Trinajstić information content (AvgIpc) is 3.61. The second-order valence-electron chi connectivity index (χ2n) is 17.4. The molecule has 0 amide bonds. The lowest BCUT2D eigenvalue weighted by Gasteiger charge is -2.29. The Morgan fingerprint density at radius 3 is 1.39 bits per heavy atom. The molecule has 0 saturated carbocycles. The Hall–Kier alpha value is -8.22. The van der Waals surface area contributed by atoms with Crippen molar-refractivity contribution in [3.05, 3.63) is 253 Å². The Labute approximate surface area is 387 Å². The van der Waals surface area contributed by atoms with E-state index in [0.717, 1.165) is 44.4 Å². The SMILES string of the molecule is CC1(C)c2ccccc2-c2ccc(N(c3ccc(-c4c(F)c(F)c(N(c5ccc(-c6ccccc6)cc5)c5ccc(-c6ccccc6)cc5)c(F)c4F)cc3)c3cccc4ccccc34)cc21. The van der Waals surface area contributed by atoms with Gasteiger partial charge in [0, 0.05) is 33.6 Å². The van der Waals surface area contributed by atoms with E-state index in [4.69, 9.17) is 0 Å². The zero-order valence-electron chi connectivity index (χ0n) is 36.7.